The van der Waals surface area contributed by atoms with Gasteiger partial charge in [-0.05, 0) is 36.1 Å². The monoisotopic (exact) mass is 337 g/mol. The lowest BCUT2D eigenvalue weighted by Gasteiger charge is -2.16. The summed E-state index contributed by atoms with van der Waals surface area (Å²) in [6.45, 7) is 6.08. The highest BCUT2D eigenvalue weighted by Gasteiger charge is 2.14. The number of hydrogen-bond donors (Lipinski definition) is 1. The van der Waals surface area contributed by atoms with E-state index in [0.717, 1.165) is 35.3 Å². The molecule has 1 aromatic heterocycles. The summed E-state index contributed by atoms with van der Waals surface area (Å²) in [4.78, 5) is 13.0. The minimum absolute atomic E-state index is 0.0127. The highest BCUT2D eigenvalue weighted by Crippen LogP contribution is 2.24. The van der Waals surface area contributed by atoms with Gasteiger partial charge in [-0.1, -0.05) is 26.0 Å². The Labute approximate surface area is 148 Å². The fourth-order valence-electron chi connectivity index (χ4n) is 2.65. The van der Waals surface area contributed by atoms with Gasteiger partial charge in [-0.2, -0.15) is 10.4 Å². The number of aromatic nitrogens is 2. The molecule has 0 aliphatic carbocycles. The number of amides is 1. The van der Waals surface area contributed by atoms with Gasteiger partial charge < -0.3 is 10.2 Å². The van der Waals surface area contributed by atoms with Gasteiger partial charge in [0.25, 0.3) is 0 Å². The van der Waals surface area contributed by atoms with Crippen molar-refractivity contribution in [3.05, 3.63) is 46.6 Å². The van der Waals surface area contributed by atoms with Crippen LogP contribution in [0.25, 0.3) is 0 Å². The fraction of sp³-hybridized carbons (Fsp3) is 0.368. The molecule has 0 fully saturated rings. The smallest absolute Gasteiger partial charge is 0.219 e. The molecule has 0 radical (unpaired) electrons. The Morgan fingerprint density at radius 1 is 1.28 bits per heavy atom. The molecular formula is C19H23N5O. The van der Waals surface area contributed by atoms with Crippen LogP contribution in [0.1, 0.15) is 43.2 Å². The molecule has 25 heavy (non-hydrogen) atoms. The van der Waals surface area contributed by atoms with Crippen molar-refractivity contribution in [2.75, 3.05) is 12.4 Å². The summed E-state index contributed by atoms with van der Waals surface area (Å²) in [6.07, 6.45) is 1.48. The number of nitriles is 1. The molecule has 1 amide bonds. The van der Waals surface area contributed by atoms with Crippen molar-refractivity contribution in [2.45, 2.75) is 40.2 Å². The predicted octanol–water partition coefficient (Wildman–Crippen LogP) is 3.19. The van der Waals surface area contributed by atoms with E-state index in [1.54, 1.807) is 18.9 Å². The van der Waals surface area contributed by atoms with Gasteiger partial charge in [0.15, 0.2) is 5.82 Å². The molecule has 0 aliphatic rings. The Balaban J connectivity index is 2.31. The van der Waals surface area contributed by atoms with Gasteiger partial charge in [-0.3, -0.25) is 4.79 Å². The maximum Gasteiger partial charge on any atom is 0.219 e. The number of rotatable bonds is 6. The minimum atomic E-state index is 0.0127. The summed E-state index contributed by atoms with van der Waals surface area (Å²) in [7, 11) is 1.76. The Kier molecular flexibility index (Phi) is 6.07. The third-order valence-electron chi connectivity index (χ3n) is 4.10. The third-order valence-corrected chi connectivity index (χ3v) is 4.10. The average Bonchev–Trinajstić information content (AvgIpc) is 2.61. The first-order valence-electron chi connectivity index (χ1n) is 8.36. The number of aryl methyl sites for hydroxylation is 1. The van der Waals surface area contributed by atoms with E-state index in [9.17, 15) is 10.1 Å². The van der Waals surface area contributed by atoms with Gasteiger partial charge in [0, 0.05) is 26.2 Å². The molecule has 2 rings (SSSR count). The van der Waals surface area contributed by atoms with Gasteiger partial charge >= 0.3 is 0 Å². The Morgan fingerprint density at radius 2 is 2.04 bits per heavy atom. The Bertz CT molecular complexity index is 810. The topological polar surface area (TPSA) is 81.9 Å². The zero-order valence-corrected chi connectivity index (χ0v) is 15.1. The number of nitrogens with zero attached hydrogens (tertiary/aromatic N) is 4. The maximum absolute atomic E-state index is 11.4. The number of benzene rings is 1. The highest BCUT2D eigenvalue weighted by atomic mass is 16.2. The van der Waals surface area contributed by atoms with E-state index in [4.69, 9.17) is 0 Å². The van der Waals surface area contributed by atoms with Crippen LogP contribution in [-0.4, -0.2) is 28.1 Å². The molecule has 0 saturated heterocycles. The minimum Gasteiger partial charge on any atom is -0.342 e. The van der Waals surface area contributed by atoms with Gasteiger partial charge in [-0.15, -0.1) is 5.10 Å². The van der Waals surface area contributed by atoms with Crippen LogP contribution in [0.5, 0.6) is 0 Å². The van der Waals surface area contributed by atoms with Gasteiger partial charge in [0.1, 0.15) is 11.6 Å². The van der Waals surface area contributed by atoms with Crippen LogP contribution >= 0.6 is 0 Å². The second-order valence-corrected chi connectivity index (χ2v) is 5.87. The summed E-state index contributed by atoms with van der Waals surface area (Å²) in [5.41, 5.74) is 4.15. The molecule has 1 aromatic carbocycles. The number of nitrogens with one attached hydrogen (secondary N) is 1. The van der Waals surface area contributed by atoms with Crippen LogP contribution in [0.2, 0.25) is 0 Å². The van der Waals surface area contributed by atoms with Crippen LogP contribution < -0.4 is 5.32 Å². The molecule has 6 heteroatoms. The summed E-state index contributed by atoms with van der Waals surface area (Å²) in [5.74, 6) is 0.479. The van der Waals surface area contributed by atoms with E-state index in [2.05, 4.69) is 21.6 Å². The van der Waals surface area contributed by atoms with Crippen molar-refractivity contribution < 1.29 is 4.79 Å². The van der Waals surface area contributed by atoms with Crippen molar-refractivity contribution in [3.63, 3.8) is 0 Å². The van der Waals surface area contributed by atoms with E-state index >= 15 is 0 Å². The van der Waals surface area contributed by atoms with Crippen LogP contribution in [0.15, 0.2) is 24.3 Å². The molecule has 0 saturated carbocycles. The highest BCUT2D eigenvalue weighted by molar-refractivity contribution is 5.73. The van der Waals surface area contributed by atoms with Crippen molar-refractivity contribution in [2.24, 2.45) is 0 Å². The van der Waals surface area contributed by atoms with Crippen LogP contribution in [-0.2, 0) is 24.2 Å². The van der Waals surface area contributed by atoms with Crippen LogP contribution in [0.3, 0.4) is 0 Å². The second-order valence-electron chi connectivity index (χ2n) is 5.87. The molecule has 130 valence electrons. The van der Waals surface area contributed by atoms with Crippen molar-refractivity contribution in [3.8, 4) is 6.07 Å². The predicted molar refractivity (Wildman–Crippen MR) is 97.4 cm³/mol. The van der Waals surface area contributed by atoms with E-state index in [1.165, 1.54) is 0 Å². The summed E-state index contributed by atoms with van der Waals surface area (Å²) in [6, 6.07) is 9.97. The molecule has 1 N–H and O–H groups in total. The molecule has 2 aromatic rings. The SMILES string of the molecule is CCc1nnc(Nc2cccc(CN(C)C(C)=O)c2)c(C#N)c1CC. The number of carbonyl (C=O) groups is 1. The standard InChI is InChI=1S/C19H23N5O/c1-5-16-17(11-20)19(23-22-18(16)6-2)21-15-9-7-8-14(10-15)12-24(4)13(3)25/h7-10H,5-6,12H2,1-4H3,(H,21,23). The lowest BCUT2D eigenvalue weighted by Crippen LogP contribution is -2.22. The van der Waals surface area contributed by atoms with E-state index < -0.39 is 0 Å². The molecule has 0 unspecified atom stereocenters. The quantitative estimate of drug-likeness (QED) is 0.875. The van der Waals surface area contributed by atoms with Gasteiger partial charge in [-0.25, -0.2) is 0 Å². The lowest BCUT2D eigenvalue weighted by atomic mass is 10.0. The second kappa shape index (κ2) is 8.25. The van der Waals surface area contributed by atoms with Crippen molar-refractivity contribution in [1.29, 1.82) is 5.26 Å². The van der Waals surface area contributed by atoms with Gasteiger partial charge in [0.05, 0.1) is 5.69 Å². The zero-order chi connectivity index (χ0) is 18.4. The molecule has 6 nitrogen and oxygen atoms in total. The lowest BCUT2D eigenvalue weighted by molar-refractivity contribution is -0.128. The molecule has 0 spiro atoms. The third kappa shape index (κ3) is 4.32. The average molecular weight is 337 g/mol. The molecule has 0 bridgehead atoms. The first-order valence-corrected chi connectivity index (χ1v) is 8.36. The summed E-state index contributed by atoms with van der Waals surface area (Å²) >= 11 is 0. The first kappa shape index (κ1) is 18.4. The summed E-state index contributed by atoms with van der Waals surface area (Å²) in [5, 5.41) is 21.2. The fourth-order valence-corrected chi connectivity index (χ4v) is 2.65. The van der Waals surface area contributed by atoms with Crippen molar-refractivity contribution in [1.82, 2.24) is 15.1 Å². The zero-order valence-electron chi connectivity index (χ0n) is 15.1. The molecule has 0 atom stereocenters. The van der Waals surface area contributed by atoms with Gasteiger partial charge in [0.2, 0.25) is 5.91 Å². The Hall–Kier alpha value is -2.94. The summed E-state index contributed by atoms with van der Waals surface area (Å²) < 4.78 is 0. The van der Waals surface area contributed by atoms with Crippen LogP contribution in [0, 0.1) is 11.3 Å². The van der Waals surface area contributed by atoms with Crippen LogP contribution in [0.4, 0.5) is 11.5 Å². The largest absolute Gasteiger partial charge is 0.342 e. The molecular weight excluding hydrogens is 314 g/mol. The maximum atomic E-state index is 11.4. The van der Waals surface area contributed by atoms with E-state index in [1.807, 2.05) is 38.1 Å². The normalized spacial score (nSPS) is 10.2. The first-order chi connectivity index (χ1) is 12.0. The van der Waals surface area contributed by atoms with E-state index in [0.29, 0.717) is 17.9 Å². The van der Waals surface area contributed by atoms with E-state index in [-0.39, 0.29) is 5.91 Å². The molecule has 0 aliphatic heterocycles. The van der Waals surface area contributed by atoms with Crippen molar-refractivity contribution >= 4 is 17.4 Å². The number of hydrogen-bond acceptors (Lipinski definition) is 5. The molecule has 1 heterocycles. The number of anilines is 2. The Morgan fingerprint density at radius 3 is 2.64 bits per heavy atom. The number of carbonyl (C=O) groups excluding carboxylic acids is 1.